The van der Waals surface area contributed by atoms with Gasteiger partial charge in [0.15, 0.2) is 0 Å². The van der Waals surface area contributed by atoms with Gasteiger partial charge in [0.05, 0.1) is 40.7 Å². The van der Waals surface area contributed by atoms with Crippen LogP contribution >= 0.6 is 0 Å². The molecule has 0 saturated heterocycles. The van der Waals surface area contributed by atoms with Crippen molar-refractivity contribution in [1.29, 1.82) is 0 Å². The van der Waals surface area contributed by atoms with Gasteiger partial charge in [0.1, 0.15) is 17.2 Å². The van der Waals surface area contributed by atoms with Crippen LogP contribution in [0.25, 0.3) is 16.6 Å². The highest BCUT2D eigenvalue weighted by Crippen LogP contribution is 2.61. The minimum atomic E-state index is -4.44. The number of rotatable bonds is 2. The summed E-state index contributed by atoms with van der Waals surface area (Å²) in [6.45, 7) is 0. The van der Waals surface area contributed by atoms with Gasteiger partial charge < -0.3 is 10.6 Å². The Balaban J connectivity index is 1.41. The lowest BCUT2D eigenvalue weighted by atomic mass is 9.96. The zero-order chi connectivity index (χ0) is 24.0. The van der Waals surface area contributed by atoms with Crippen molar-refractivity contribution in [1.82, 2.24) is 19.3 Å². The maximum Gasteiger partial charge on any atom is 0.416 e. The minimum absolute atomic E-state index is 0.151. The lowest BCUT2D eigenvalue weighted by molar-refractivity contribution is -0.137. The Hall–Kier alpha value is -3.69. The average molecular weight is 469 g/mol. The monoisotopic (exact) mass is 469 g/mol. The largest absolute Gasteiger partial charge is 0.416 e. The Morgan fingerprint density at radius 2 is 1.97 bits per heavy atom. The number of amides is 1. The van der Waals surface area contributed by atoms with E-state index in [-0.39, 0.29) is 22.3 Å². The molecule has 2 aromatic heterocycles. The molecule has 2 aliphatic rings. The van der Waals surface area contributed by atoms with Crippen LogP contribution in [-0.4, -0.2) is 32.2 Å². The highest BCUT2D eigenvalue weighted by molar-refractivity contribution is 5.98. The minimum Gasteiger partial charge on any atom is -0.382 e. The van der Waals surface area contributed by atoms with E-state index in [9.17, 15) is 18.0 Å². The van der Waals surface area contributed by atoms with Gasteiger partial charge in [-0.1, -0.05) is 6.07 Å². The number of nitrogens with two attached hydrogens (primary N) is 1. The summed E-state index contributed by atoms with van der Waals surface area (Å²) in [6, 6.07) is 5.85. The van der Waals surface area contributed by atoms with E-state index in [0.717, 1.165) is 25.0 Å². The molecule has 0 unspecified atom stereocenters. The maximum absolute atomic E-state index is 15.0. The molecule has 1 fully saturated rings. The standard InChI is InChI=1S/C24H19F4N5O/c1-32(19-9-23(4-5-23)15-6-12(24(26,27)28)2-3-13(15)19)22(34)14-7-18-17(8-16(14)25)31-21(29)20-10-30-11-33(18)20/h2-3,6-8,10-11,19H,4-5,9H2,1H3,(H2,29,31)/t19-/m1/s1. The Labute approximate surface area is 191 Å². The molecule has 2 aromatic carbocycles. The number of anilines is 1. The fourth-order valence-electron chi connectivity index (χ4n) is 5.24. The molecule has 10 heteroatoms. The Kier molecular flexibility index (Phi) is 4.10. The summed E-state index contributed by atoms with van der Waals surface area (Å²) in [5.41, 5.74) is 7.35. The second kappa shape index (κ2) is 6.68. The zero-order valence-corrected chi connectivity index (χ0v) is 18.0. The number of carbonyl (C=O) groups is 1. The third kappa shape index (κ3) is 2.90. The zero-order valence-electron chi connectivity index (χ0n) is 18.0. The van der Waals surface area contributed by atoms with Gasteiger partial charge in [-0.05, 0) is 54.0 Å². The molecule has 0 radical (unpaired) electrons. The predicted molar refractivity (Wildman–Crippen MR) is 117 cm³/mol. The summed E-state index contributed by atoms with van der Waals surface area (Å²) in [6.07, 6.45) is 0.665. The molecule has 0 bridgehead atoms. The number of alkyl halides is 3. The molecular weight excluding hydrogens is 450 g/mol. The number of hydrogen-bond acceptors (Lipinski definition) is 4. The molecule has 4 aromatic rings. The van der Waals surface area contributed by atoms with Crippen molar-refractivity contribution in [2.45, 2.75) is 36.9 Å². The van der Waals surface area contributed by atoms with E-state index in [1.165, 1.54) is 35.6 Å². The van der Waals surface area contributed by atoms with Crippen LogP contribution in [-0.2, 0) is 11.6 Å². The summed E-state index contributed by atoms with van der Waals surface area (Å²) in [5.74, 6) is -1.11. The van der Waals surface area contributed by atoms with Crippen molar-refractivity contribution in [2.24, 2.45) is 0 Å². The lowest BCUT2D eigenvalue weighted by Gasteiger charge is -2.26. The van der Waals surface area contributed by atoms with Crippen LogP contribution < -0.4 is 5.73 Å². The number of fused-ring (bicyclic) bond motifs is 5. The average Bonchev–Trinajstić information content (AvgIpc) is 3.25. The summed E-state index contributed by atoms with van der Waals surface area (Å²) in [4.78, 5) is 23.1. The number of nitrogens with zero attached hydrogens (tertiary/aromatic N) is 4. The molecule has 2 aliphatic carbocycles. The molecule has 34 heavy (non-hydrogen) atoms. The van der Waals surface area contributed by atoms with Gasteiger partial charge in [-0.15, -0.1) is 0 Å². The van der Waals surface area contributed by atoms with Gasteiger partial charge in [0.25, 0.3) is 5.91 Å². The van der Waals surface area contributed by atoms with Crippen LogP contribution in [0.5, 0.6) is 0 Å². The maximum atomic E-state index is 15.0. The van der Waals surface area contributed by atoms with E-state index in [1.54, 1.807) is 11.4 Å². The fraction of sp³-hybridized carbons (Fsp3) is 0.292. The van der Waals surface area contributed by atoms with Crippen molar-refractivity contribution < 1.29 is 22.4 Å². The Morgan fingerprint density at radius 3 is 2.68 bits per heavy atom. The van der Waals surface area contributed by atoms with Crippen LogP contribution in [0.3, 0.4) is 0 Å². The van der Waals surface area contributed by atoms with Gasteiger partial charge in [-0.2, -0.15) is 13.2 Å². The summed E-state index contributed by atoms with van der Waals surface area (Å²) < 4.78 is 56.6. The highest BCUT2D eigenvalue weighted by atomic mass is 19.4. The molecule has 2 heterocycles. The van der Waals surface area contributed by atoms with Crippen molar-refractivity contribution in [3.63, 3.8) is 0 Å². The third-order valence-electron chi connectivity index (χ3n) is 7.23. The first-order valence-corrected chi connectivity index (χ1v) is 10.8. The van der Waals surface area contributed by atoms with E-state index in [0.29, 0.717) is 28.6 Å². The Morgan fingerprint density at radius 1 is 1.21 bits per heavy atom. The van der Waals surface area contributed by atoms with Crippen molar-refractivity contribution in [2.75, 3.05) is 12.8 Å². The summed E-state index contributed by atoms with van der Waals surface area (Å²) in [7, 11) is 1.56. The molecule has 1 saturated carbocycles. The number of aromatic nitrogens is 3. The first kappa shape index (κ1) is 20.9. The second-order valence-corrected chi connectivity index (χ2v) is 9.18. The third-order valence-corrected chi connectivity index (χ3v) is 7.23. The molecule has 174 valence electrons. The smallest absolute Gasteiger partial charge is 0.382 e. The van der Waals surface area contributed by atoms with E-state index in [4.69, 9.17) is 5.73 Å². The van der Waals surface area contributed by atoms with Gasteiger partial charge >= 0.3 is 6.18 Å². The van der Waals surface area contributed by atoms with Gasteiger partial charge in [0, 0.05) is 13.1 Å². The van der Waals surface area contributed by atoms with Crippen LogP contribution in [0.1, 0.15) is 52.4 Å². The second-order valence-electron chi connectivity index (χ2n) is 9.18. The van der Waals surface area contributed by atoms with Crippen LogP contribution in [0.15, 0.2) is 42.9 Å². The number of halogens is 4. The number of hydrogen-bond donors (Lipinski definition) is 1. The van der Waals surface area contributed by atoms with E-state index < -0.39 is 29.5 Å². The molecule has 1 atom stereocenters. The first-order chi connectivity index (χ1) is 16.1. The van der Waals surface area contributed by atoms with Crippen LogP contribution in [0.4, 0.5) is 23.4 Å². The molecule has 1 spiro atoms. The quantitative estimate of drug-likeness (QED) is 0.425. The topological polar surface area (TPSA) is 76.5 Å². The lowest BCUT2D eigenvalue weighted by Crippen LogP contribution is -2.31. The fourth-order valence-corrected chi connectivity index (χ4v) is 5.24. The summed E-state index contributed by atoms with van der Waals surface area (Å²) >= 11 is 0. The molecule has 6 nitrogen and oxygen atoms in total. The number of imidazole rings is 1. The van der Waals surface area contributed by atoms with Crippen LogP contribution in [0, 0.1) is 5.82 Å². The SMILES string of the molecule is CN(C(=O)c1cc2c(cc1F)nc(N)c1cncn12)[C@@H]1CC2(CC2)c2cc(C(F)(F)F)ccc21. The number of nitrogen functional groups attached to an aromatic ring is 1. The molecule has 0 aliphatic heterocycles. The van der Waals surface area contributed by atoms with Crippen LogP contribution in [0.2, 0.25) is 0 Å². The Bertz CT molecular complexity index is 1510. The molecule has 2 N–H and O–H groups in total. The summed E-state index contributed by atoms with van der Waals surface area (Å²) in [5, 5.41) is 0. The highest BCUT2D eigenvalue weighted by Gasteiger charge is 2.54. The predicted octanol–water partition coefficient (Wildman–Crippen LogP) is 4.87. The van der Waals surface area contributed by atoms with E-state index in [1.807, 2.05) is 0 Å². The van der Waals surface area contributed by atoms with Crippen molar-refractivity contribution >= 4 is 28.3 Å². The molecule has 6 rings (SSSR count). The molecule has 1 amide bonds. The molecular formula is C24H19F4N5O. The normalized spacial score (nSPS) is 18.6. The van der Waals surface area contributed by atoms with Gasteiger partial charge in [-0.25, -0.2) is 14.4 Å². The van der Waals surface area contributed by atoms with E-state index >= 15 is 4.39 Å². The van der Waals surface area contributed by atoms with Crippen molar-refractivity contribution in [3.05, 3.63) is 70.9 Å². The van der Waals surface area contributed by atoms with E-state index in [2.05, 4.69) is 9.97 Å². The number of carbonyl (C=O) groups excluding carboxylic acids is 1. The van der Waals surface area contributed by atoms with Crippen molar-refractivity contribution in [3.8, 4) is 0 Å². The first-order valence-electron chi connectivity index (χ1n) is 10.8. The van der Waals surface area contributed by atoms with Gasteiger partial charge in [0.2, 0.25) is 0 Å². The number of benzene rings is 2. The van der Waals surface area contributed by atoms with Gasteiger partial charge in [-0.3, -0.25) is 9.20 Å².